The molecule has 3 aliphatic rings. The van der Waals surface area contributed by atoms with Gasteiger partial charge in [0.05, 0.1) is 30.1 Å². The molecule has 8 nitrogen and oxygen atoms in total. The van der Waals surface area contributed by atoms with E-state index in [2.05, 4.69) is 49.3 Å². The molecule has 0 N–H and O–H groups in total. The van der Waals surface area contributed by atoms with E-state index in [0.29, 0.717) is 24.3 Å². The number of halogens is 1. The van der Waals surface area contributed by atoms with Crippen molar-refractivity contribution in [1.82, 2.24) is 9.38 Å². The summed E-state index contributed by atoms with van der Waals surface area (Å²) in [5.41, 5.74) is 5.99. The number of piperidine rings is 1. The Morgan fingerprint density at radius 2 is 1.86 bits per heavy atom. The fourth-order valence-electron chi connectivity index (χ4n) is 7.41. The predicted octanol–water partition coefficient (Wildman–Crippen LogP) is 9.03. The first-order valence-electron chi connectivity index (χ1n) is 18.1. The first kappa shape index (κ1) is 35.9. The van der Waals surface area contributed by atoms with Crippen LogP contribution in [0.1, 0.15) is 96.4 Å². The summed E-state index contributed by atoms with van der Waals surface area (Å²) in [6.07, 6.45) is 6.21. The van der Waals surface area contributed by atoms with Gasteiger partial charge >= 0.3 is 5.97 Å². The number of benzene rings is 2. The second kappa shape index (κ2) is 14.3. The number of carbonyl (C=O) groups excluding carboxylic acids is 1. The summed E-state index contributed by atoms with van der Waals surface area (Å²) < 4.78 is 41.8. The number of aryl methyl sites for hydroxylation is 1. The summed E-state index contributed by atoms with van der Waals surface area (Å²) >= 11 is 0. The summed E-state index contributed by atoms with van der Waals surface area (Å²) in [5, 5.41) is 0. The topological polar surface area (TPSA) is 74.5 Å². The van der Waals surface area contributed by atoms with Gasteiger partial charge in [0.1, 0.15) is 23.0 Å². The highest BCUT2D eigenvalue weighted by Crippen LogP contribution is 2.42. The Morgan fingerprint density at radius 1 is 1.12 bits per heavy atom. The zero-order chi connectivity index (χ0) is 35.8. The average Bonchev–Trinajstić information content (AvgIpc) is 3.52. The smallest absolute Gasteiger partial charge is 0.339 e. The summed E-state index contributed by atoms with van der Waals surface area (Å²) in [6, 6.07) is 12.8. The number of methoxy groups -OCH3 is 1. The average molecular weight is 686 g/mol. The van der Waals surface area contributed by atoms with E-state index < -0.39 is 17.7 Å². The second-order valence-electron chi connectivity index (χ2n) is 15.1. The highest BCUT2D eigenvalue weighted by atomic mass is 19.1. The predicted molar refractivity (Wildman–Crippen MR) is 195 cm³/mol. The highest BCUT2D eigenvalue weighted by Gasteiger charge is 2.38. The number of imidazole rings is 1. The van der Waals surface area contributed by atoms with Gasteiger partial charge in [0.25, 0.3) is 0 Å². The zero-order valence-electron chi connectivity index (χ0n) is 30.9. The van der Waals surface area contributed by atoms with Crippen LogP contribution in [0.2, 0.25) is 0 Å². The van der Waals surface area contributed by atoms with E-state index in [-0.39, 0.29) is 17.5 Å². The third-order valence-corrected chi connectivity index (χ3v) is 10.1. The Hall–Kier alpha value is -3.95. The van der Waals surface area contributed by atoms with Crippen molar-refractivity contribution in [3.8, 4) is 28.1 Å². The maximum absolute atomic E-state index is 14.7. The van der Waals surface area contributed by atoms with Crippen molar-refractivity contribution in [3.63, 3.8) is 0 Å². The van der Waals surface area contributed by atoms with Gasteiger partial charge in [-0.25, -0.2) is 14.2 Å². The number of pyridine rings is 1. The van der Waals surface area contributed by atoms with Crippen LogP contribution in [0.25, 0.3) is 28.0 Å². The second-order valence-corrected chi connectivity index (χ2v) is 15.1. The van der Waals surface area contributed by atoms with Gasteiger partial charge in [-0.1, -0.05) is 25.1 Å². The number of carbonyl (C=O) groups is 1. The maximum atomic E-state index is 14.7. The lowest BCUT2D eigenvalue weighted by Gasteiger charge is -2.42. The van der Waals surface area contributed by atoms with Crippen LogP contribution in [0.5, 0.6) is 5.75 Å². The third-order valence-electron chi connectivity index (χ3n) is 10.1. The lowest BCUT2D eigenvalue weighted by Crippen LogP contribution is -2.45. The summed E-state index contributed by atoms with van der Waals surface area (Å²) in [7, 11) is 1.41. The van der Waals surface area contributed by atoms with Crippen LogP contribution < -0.4 is 9.64 Å². The molecular formula is C41H52FN3O5. The number of fused-ring (bicyclic) bond motifs is 8. The van der Waals surface area contributed by atoms with Crippen LogP contribution >= 0.6 is 0 Å². The van der Waals surface area contributed by atoms with Gasteiger partial charge in [0.15, 0.2) is 6.10 Å². The first-order valence-corrected chi connectivity index (χ1v) is 18.1. The van der Waals surface area contributed by atoms with E-state index in [1.807, 2.05) is 39.0 Å². The van der Waals surface area contributed by atoms with Crippen LogP contribution in [0.3, 0.4) is 0 Å². The molecule has 0 spiro atoms. The zero-order valence-corrected chi connectivity index (χ0v) is 30.9. The van der Waals surface area contributed by atoms with E-state index in [1.165, 1.54) is 13.2 Å². The molecule has 2 aromatic heterocycles. The van der Waals surface area contributed by atoms with Gasteiger partial charge in [-0.3, -0.25) is 4.40 Å². The fraction of sp³-hybridized carbons (Fsp3) is 0.512. The fourth-order valence-corrected chi connectivity index (χ4v) is 7.41. The minimum Gasteiger partial charge on any atom is -0.490 e. The minimum atomic E-state index is -0.942. The van der Waals surface area contributed by atoms with Crippen molar-refractivity contribution < 1.29 is 28.1 Å². The molecule has 4 aromatic rings. The van der Waals surface area contributed by atoms with Gasteiger partial charge in [0.2, 0.25) is 0 Å². The van der Waals surface area contributed by atoms with E-state index in [1.54, 1.807) is 12.1 Å². The van der Waals surface area contributed by atoms with E-state index in [4.69, 9.17) is 23.9 Å². The molecule has 1 saturated heterocycles. The SMILES string of the molecule is CCc1c(C)c([C@H](OC(C)(C)C)C(=O)OC)c2n3cc(nc13)-c1cccc(c1)-c1cc(F)ccc1O[C@@H](C)CCCCOC1(C)CCN2CC1. The highest BCUT2D eigenvalue weighted by molar-refractivity contribution is 5.83. The molecule has 9 heteroatoms. The minimum absolute atomic E-state index is 0.0374. The molecule has 2 atom stereocenters. The monoisotopic (exact) mass is 685 g/mol. The molecule has 0 unspecified atom stereocenters. The van der Waals surface area contributed by atoms with Crippen LogP contribution in [0.4, 0.5) is 10.2 Å². The normalized spacial score (nSPS) is 20.7. The van der Waals surface area contributed by atoms with Crippen LogP contribution in [-0.2, 0) is 25.4 Å². The maximum Gasteiger partial charge on any atom is 0.339 e. The number of hydrogen-bond acceptors (Lipinski definition) is 7. The number of rotatable bonds is 4. The Morgan fingerprint density at radius 3 is 2.56 bits per heavy atom. The Bertz CT molecular complexity index is 1850. The molecule has 6 bridgehead atoms. The van der Waals surface area contributed by atoms with Crippen molar-refractivity contribution in [2.75, 3.05) is 31.7 Å². The van der Waals surface area contributed by atoms with Crippen molar-refractivity contribution in [1.29, 1.82) is 0 Å². The molecule has 3 aliphatic heterocycles. The lowest BCUT2D eigenvalue weighted by molar-refractivity contribution is -0.164. The summed E-state index contributed by atoms with van der Waals surface area (Å²) in [4.78, 5) is 21.2. The number of ether oxygens (including phenoxy) is 4. The van der Waals surface area contributed by atoms with Gasteiger partial charge in [-0.15, -0.1) is 0 Å². The molecular weight excluding hydrogens is 633 g/mol. The molecule has 2 aromatic carbocycles. The molecule has 0 aliphatic carbocycles. The van der Waals surface area contributed by atoms with Gasteiger partial charge in [-0.2, -0.15) is 0 Å². The Balaban J connectivity index is 1.59. The number of aromatic nitrogens is 2. The Labute approximate surface area is 295 Å². The van der Waals surface area contributed by atoms with E-state index >= 15 is 0 Å². The van der Waals surface area contributed by atoms with Crippen molar-refractivity contribution in [2.24, 2.45) is 0 Å². The first-order chi connectivity index (χ1) is 23.8. The van der Waals surface area contributed by atoms with Crippen molar-refractivity contribution in [3.05, 3.63) is 71.2 Å². The lowest BCUT2D eigenvalue weighted by atomic mass is 9.91. The molecule has 50 heavy (non-hydrogen) atoms. The largest absolute Gasteiger partial charge is 0.490 e. The number of esters is 1. The third kappa shape index (κ3) is 7.40. The van der Waals surface area contributed by atoms with Crippen LogP contribution in [0, 0.1) is 12.7 Å². The van der Waals surface area contributed by atoms with Gasteiger partial charge in [-0.05, 0) is 121 Å². The Kier molecular flexibility index (Phi) is 10.3. The van der Waals surface area contributed by atoms with E-state index in [0.717, 1.165) is 90.2 Å². The molecule has 1 fully saturated rings. The van der Waals surface area contributed by atoms with Gasteiger partial charge < -0.3 is 23.8 Å². The molecule has 0 amide bonds. The summed E-state index contributed by atoms with van der Waals surface area (Å²) in [6.45, 7) is 16.5. The molecule has 0 saturated carbocycles. The molecule has 0 radical (unpaired) electrons. The van der Waals surface area contributed by atoms with Crippen molar-refractivity contribution in [2.45, 2.75) is 110 Å². The molecule has 268 valence electrons. The quantitative estimate of drug-likeness (QED) is 0.199. The summed E-state index contributed by atoms with van der Waals surface area (Å²) in [5.74, 6) is 0.779. The standard InChI is InChI=1S/C41H52FN3O5/c1-9-31-27(3)35(36(39(46)47-8)50-40(4,5)6)38-44-20-18-41(7,19-21-44)48-22-11-10-13-26(2)49-34-17-16-30(42)24-32(34)28-14-12-15-29(23-28)33-25-45(38)37(31)43-33/h12,14-17,23-26,36H,9-11,13,18-22H2,1-8H3/t26-,36-/m0/s1. The molecule has 7 rings (SSSR count). The number of anilines is 1. The van der Waals surface area contributed by atoms with Crippen LogP contribution in [0.15, 0.2) is 48.7 Å². The number of hydrogen-bond donors (Lipinski definition) is 0. The van der Waals surface area contributed by atoms with Crippen molar-refractivity contribution >= 4 is 17.4 Å². The van der Waals surface area contributed by atoms with E-state index in [9.17, 15) is 9.18 Å². The van der Waals surface area contributed by atoms with Gasteiger partial charge in [0, 0.05) is 42.6 Å². The number of nitrogens with zero attached hydrogens (tertiary/aromatic N) is 3. The molecule has 5 heterocycles. The van der Waals surface area contributed by atoms with Crippen LogP contribution in [-0.4, -0.2) is 59.5 Å².